The third-order valence-corrected chi connectivity index (χ3v) is 5.10. The van der Waals surface area contributed by atoms with E-state index in [9.17, 15) is 18.0 Å². The van der Waals surface area contributed by atoms with Crippen molar-refractivity contribution in [1.82, 2.24) is 5.32 Å². The van der Waals surface area contributed by atoms with Gasteiger partial charge in [-0.15, -0.1) is 0 Å². The highest BCUT2D eigenvalue weighted by Crippen LogP contribution is 2.36. The third kappa shape index (κ3) is 3.66. The lowest BCUT2D eigenvalue weighted by molar-refractivity contribution is -0.137. The van der Waals surface area contributed by atoms with Gasteiger partial charge < -0.3 is 5.32 Å². The second-order valence-electron chi connectivity index (χ2n) is 6.94. The van der Waals surface area contributed by atoms with Crippen LogP contribution in [0.1, 0.15) is 16.7 Å². The van der Waals surface area contributed by atoms with Gasteiger partial charge in [-0.3, -0.25) is 4.79 Å². The molecule has 0 saturated heterocycles. The van der Waals surface area contributed by atoms with E-state index >= 15 is 0 Å². The number of nitrogens with one attached hydrogen (secondary N) is 1. The molecule has 0 fully saturated rings. The first-order chi connectivity index (χ1) is 14.4. The molecule has 0 atom stereocenters. The zero-order valence-corrected chi connectivity index (χ0v) is 16.1. The maximum absolute atomic E-state index is 13.0. The molecule has 0 aliphatic rings. The smallest absolute Gasteiger partial charge is 0.356 e. The highest BCUT2D eigenvalue weighted by molar-refractivity contribution is 6.14. The average Bonchev–Trinajstić information content (AvgIpc) is 2.76. The minimum Gasteiger partial charge on any atom is -0.356 e. The molecular formula is C25H18F3NO. The van der Waals surface area contributed by atoms with E-state index in [-0.39, 0.29) is 5.91 Å². The molecule has 0 bridgehead atoms. The van der Waals surface area contributed by atoms with Crippen LogP contribution in [0.25, 0.3) is 27.1 Å². The van der Waals surface area contributed by atoms with Crippen molar-refractivity contribution in [3.8, 4) is 0 Å². The van der Waals surface area contributed by atoms with Crippen molar-refractivity contribution in [2.24, 2.45) is 0 Å². The Kier molecular flexibility index (Phi) is 5.04. The van der Waals surface area contributed by atoms with Crippen LogP contribution in [0.15, 0.2) is 84.9 Å². The van der Waals surface area contributed by atoms with Gasteiger partial charge in [0.05, 0.1) is 5.56 Å². The number of halogens is 3. The molecule has 0 aromatic heterocycles. The largest absolute Gasteiger partial charge is 0.416 e. The zero-order valence-electron chi connectivity index (χ0n) is 16.1. The summed E-state index contributed by atoms with van der Waals surface area (Å²) in [6.07, 6.45) is -2.99. The molecule has 1 amide bonds. The van der Waals surface area contributed by atoms with Gasteiger partial charge in [0.2, 0.25) is 5.91 Å². The molecule has 5 heteroatoms. The van der Waals surface area contributed by atoms with Crippen LogP contribution >= 0.6 is 0 Å². The quantitative estimate of drug-likeness (QED) is 0.320. The van der Waals surface area contributed by atoms with E-state index in [1.165, 1.54) is 25.3 Å². The summed E-state index contributed by atoms with van der Waals surface area (Å²) in [4.78, 5) is 12.2. The van der Waals surface area contributed by atoms with Gasteiger partial charge in [-0.2, -0.15) is 13.2 Å². The summed E-state index contributed by atoms with van der Waals surface area (Å²) in [6, 6.07) is 22.6. The number of likely N-dealkylation sites (N-methyl/N-ethyl adjacent to an activating group) is 1. The molecule has 0 aliphatic heterocycles. The number of alkyl halides is 3. The molecule has 150 valence electrons. The lowest BCUT2D eigenvalue weighted by Crippen LogP contribution is -2.15. The number of benzene rings is 4. The summed E-state index contributed by atoms with van der Waals surface area (Å²) in [5.41, 5.74) is 1.15. The Morgan fingerprint density at radius 3 is 2.07 bits per heavy atom. The minimum atomic E-state index is -4.42. The van der Waals surface area contributed by atoms with Gasteiger partial charge in [-0.05, 0) is 56.4 Å². The molecule has 0 saturated carbocycles. The molecule has 0 unspecified atom stereocenters. The molecule has 0 heterocycles. The molecule has 30 heavy (non-hydrogen) atoms. The molecule has 0 spiro atoms. The number of amides is 1. The summed E-state index contributed by atoms with van der Waals surface area (Å²) < 4.78 is 39.0. The summed E-state index contributed by atoms with van der Waals surface area (Å²) >= 11 is 0. The van der Waals surface area contributed by atoms with Gasteiger partial charge >= 0.3 is 6.18 Å². The maximum atomic E-state index is 13.0. The first kappa shape index (κ1) is 19.7. The van der Waals surface area contributed by atoms with E-state index in [2.05, 4.69) is 5.32 Å². The van der Waals surface area contributed by atoms with Crippen LogP contribution in [0.2, 0.25) is 0 Å². The number of carbonyl (C=O) groups is 1. The standard InChI is InChI=1S/C25H18F3NO/c1-29-24(30)15-22(16-10-12-18(13-11-16)25(26,27)28)23-14-17-6-2-3-7-19(17)20-8-4-5-9-21(20)23/h2-15H,1H3,(H,29,30). The Labute approximate surface area is 171 Å². The van der Waals surface area contributed by atoms with Crippen molar-refractivity contribution >= 4 is 33.0 Å². The molecule has 2 nitrogen and oxygen atoms in total. The van der Waals surface area contributed by atoms with Crippen LogP contribution in [-0.4, -0.2) is 13.0 Å². The van der Waals surface area contributed by atoms with E-state index in [0.29, 0.717) is 11.1 Å². The van der Waals surface area contributed by atoms with Crippen LogP contribution in [0, 0.1) is 0 Å². The summed E-state index contributed by atoms with van der Waals surface area (Å²) in [5.74, 6) is -0.331. The van der Waals surface area contributed by atoms with Crippen molar-refractivity contribution in [1.29, 1.82) is 0 Å². The lowest BCUT2D eigenvalue weighted by Gasteiger charge is -2.15. The zero-order chi connectivity index (χ0) is 21.3. The summed E-state index contributed by atoms with van der Waals surface area (Å²) in [6.45, 7) is 0. The van der Waals surface area contributed by atoms with Crippen LogP contribution in [0.3, 0.4) is 0 Å². The maximum Gasteiger partial charge on any atom is 0.416 e. The molecule has 4 aromatic rings. The topological polar surface area (TPSA) is 29.1 Å². The molecule has 4 rings (SSSR count). The molecule has 0 radical (unpaired) electrons. The highest BCUT2D eigenvalue weighted by atomic mass is 19.4. The first-order valence-corrected chi connectivity index (χ1v) is 9.40. The first-order valence-electron chi connectivity index (χ1n) is 9.40. The summed E-state index contributed by atoms with van der Waals surface area (Å²) in [5, 5.41) is 6.56. The SMILES string of the molecule is CNC(=O)C=C(c1ccc(C(F)(F)F)cc1)c1cc2ccccc2c2ccccc12. The van der Waals surface area contributed by atoms with Gasteiger partial charge in [0.15, 0.2) is 0 Å². The fraction of sp³-hybridized carbons (Fsp3) is 0.0800. The number of hydrogen-bond donors (Lipinski definition) is 1. The lowest BCUT2D eigenvalue weighted by atomic mass is 9.89. The van der Waals surface area contributed by atoms with Crippen molar-refractivity contribution < 1.29 is 18.0 Å². The van der Waals surface area contributed by atoms with Crippen molar-refractivity contribution in [3.05, 3.63) is 102 Å². The van der Waals surface area contributed by atoms with E-state index in [1.54, 1.807) is 0 Å². The molecular weight excluding hydrogens is 387 g/mol. The monoisotopic (exact) mass is 405 g/mol. The van der Waals surface area contributed by atoms with Gasteiger partial charge in [-0.25, -0.2) is 0 Å². The Morgan fingerprint density at radius 2 is 1.43 bits per heavy atom. The van der Waals surface area contributed by atoms with E-state index < -0.39 is 11.7 Å². The van der Waals surface area contributed by atoms with Crippen LogP contribution in [0.4, 0.5) is 13.2 Å². The van der Waals surface area contributed by atoms with Crippen LogP contribution in [0.5, 0.6) is 0 Å². The van der Waals surface area contributed by atoms with Gasteiger partial charge in [-0.1, -0.05) is 60.7 Å². The van der Waals surface area contributed by atoms with Gasteiger partial charge in [0.25, 0.3) is 0 Å². The Hall–Kier alpha value is -3.60. The predicted molar refractivity (Wildman–Crippen MR) is 114 cm³/mol. The van der Waals surface area contributed by atoms with Crippen molar-refractivity contribution in [2.75, 3.05) is 7.05 Å². The fourth-order valence-corrected chi connectivity index (χ4v) is 3.64. The van der Waals surface area contributed by atoms with Crippen molar-refractivity contribution in [2.45, 2.75) is 6.18 Å². The van der Waals surface area contributed by atoms with Crippen LogP contribution in [-0.2, 0) is 11.0 Å². The third-order valence-electron chi connectivity index (χ3n) is 5.10. The van der Waals surface area contributed by atoms with Crippen molar-refractivity contribution in [3.63, 3.8) is 0 Å². The van der Waals surface area contributed by atoms with Crippen LogP contribution < -0.4 is 5.32 Å². The second-order valence-corrected chi connectivity index (χ2v) is 6.94. The molecule has 1 N–H and O–H groups in total. The second kappa shape index (κ2) is 7.67. The van der Waals surface area contributed by atoms with Gasteiger partial charge in [0.1, 0.15) is 0 Å². The number of hydrogen-bond acceptors (Lipinski definition) is 1. The minimum absolute atomic E-state index is 0.331. The number of fused-ring (bicyclic) bond motifs is 3. The molecule has 4 aromatic carbocycles. The Balaban J connectivity index is 2.00. The van der Waals surface area contributed by atoms with E-state index in [1.807, 2.05) is 54.6 Å². The van der Waals surface area contributed by atoms with E-state index in [0.717, 1.165) is 39.2 Å². The highest BCUT2D eigenvalue weighted by Gasteiger charge is 2.30. The number of rotatable bonds is 3. The fourth-order valence-electron chi connectivity index (χ4n) is 3.64. The summed E-state index contributed by atoms with van der Waals surface area (Å²) in [7, 11) is 1.52. The predicted octanol–water partition coefficient (Wildman–Crippen LogP) is 6.19. The normalized spacial score (nSPS) is 12.3. The average molecular weight is 405 g/mol. The number of carbonyl (C=O) groups excluding carboxylic acids is 1. The Bertz CT molecular complexity index is 1270. The van der Waals surface area contributed by atoms with Gasteiger partial charge in [0, 0.05) is 13.1 Å². The van der Waals surface area contributed by atoms with E-state index in [4.69, 9.17) is 0 Å². The molecule has 0 aliphatic carbocycles. The Morgan fingerprint density at radius 1 is 0.833 bits per heavy atom.